The Morgan fingerprint density at radius 3 is 3.10 bits per heavy atom. The SMILES string of the molecule is CC(=O)SC1CC(=O)N(c2ccc3nc(Cl)sc3c2)C1. The number of anilines is 1. The van der Waals surface area contributed by atoms with Crippen LogP contribution in [-0.2, 0) is 9.59 Å². The molecule has 2 heterocycles. The van der Waals surface area contributed by atoms with Gasteiger partial charge < -0.3 is 4.90 Å². The lowest BCUT2D eigenvalue weighted by molar-refractivity contribution is -0.117. The molecule has 1 aliphatic heterocycles. The highest BCUT2D eigenvalue weighted by atomic mass is 35.5. The van der Waals surface area contributed by atoms with Crippen LogP contribution >= 0.6 is 34.7 Å². The lowest BCUT2D eigenvalue weighted by Gasteiger charge is -2.16. The molecule has 20 heavy (non-hydrogen) atoms. The molecule has 0 spiro atoms. The Bertz CT molecular complexity index is 701. The molecule has 3 rings (SSSR count). The van der Waals surface area contributed by atoms with Gasteiger partial charge in [0.15, 0.2) is 9.58 Å². The molecule has 1 unspecified atom stereocenters. The van der Waals surface area contributed by atoms with Crippen molar-refractivity contribution >= 4 is 61.6 Å². The zero-order chi connectivity index (χ0) is 14.3. The number of carbonyl (C=O) groups is 2. The van der Waals surface area contributed by atoms with Gasteiger partial charge >= 0.3 is 0 Å². The van der Waals surface area contributed by atoms with Crippen molar-refractivity contribution < 1.29 is 9.59 Å². The van der Waals surface area contributed by atoms with Gasteiger partial charge in [-0.2, -0.15) is 0 Å². The van der Waals surface area contributed by atoms with E-state index in [9.17, 15) is 9.59 Å². The van der Waals surface area contributed by atoms with Crippen molar-refractivity contribution in [2.24, 2.45) is 0 Å². The zero-order valence-corrected chi connectivity index (χ0v) is 13.0. The van der Waals surface area contributed by atoms with Gasteiger partial charge in [0, 0.05) is 30.8 Å². The number of halogens is 1. The van der Waals surface area contributed by atoms with E-state index in [1.54, 1.807) is 4.90 Å². The number of hydrogen-bond donors (Lipinski definition) is 0. The molecule has 0 radical (unpaired) electrons. The Balaban J connectivity index is 1.87. The van der Waals surface area contributed by atoms with Crippen molar-refractivity contribution in [3.8, 4) is 0 Å². The van der Waals surface area contributed by atoms with Crippen LogP contribution in [0.4, 0.5) is 5.69 Å². The summed E-state index contributed by atoms with van der Waals surface area (Å²) in [6.45, 7) is 2.10. The summed E-state index contributed by atoms with van der Waals surface area (Å²) < 4.78 is 1.46. The summed E-state index contributed by atoms with van der Waals surface area (Å²) in [6, 6.07) is 5.67. The predicted molar refractivity (Wildman–Crippen MR) is 83.7 cm³/mol. The first kappa shape index (κ1) is 13.9. The van der Waals surface area contributed by atoms with Gasteiger partial charge in [0.05, 0.1) is 10.2 Å². The van der Waals surface area contributed by atoms with Crippen LogP contribution in [0.2, 0.25) is 4.47 Å². The van der Waals surface area contributed by atoms with E-state index in [2.05, 4.69) is 4.98 Å². The van der Waals surface area contributed by atoms with Gasteiger partial charge in [0.1, 0.15) is 0 Å². The molecule has 0 N–H and O–H groups in total. The van der Waals surface area contributed by atoms with Crippen LogP contribution < -0.4 is 4.90 Å². The van der Waals surface area contributed by atoms with Crippen molar-refractivity contribution in [3.05, 3.63) is 22.7 Å². The number of amides is 1. The largest absolute Gasteiger partial charge is 0.311 e. The Hall–Kier alpha value is -1.11. The molecule has 0 bridgehead atoms. The van der Waals surface area contributed by atoms with Crippen molar-refractivity contribution in [3.63, 3.8) is 0 Å². The maximum Gasteiger partial charge on any atom is 0.228 e. The first-order valence-electron chi connectivity index (χ1n) is 6.06. The van der Waals surface area contributed by atoms with Crippen LogP contribution in [0.3, 0.4) is 0 Å². The molecule has 1 amide bonds. The fourth-order valence-corrected chi connectivity index (χ4v) is 4.27. The van der Waals surface area contributed by atoms with Crippen molar-refractivity contribution in [1.29, 1.82) is 0 Å². The second-order valence-electron chi connectivity index (χ2n) is 4.56. The molecule has 0 aliphatic carbocycles. The Morgan fingerprint density at radius 2 is 2.35 bits per heavy atom. The van der Waals surface area contributed by atoms with Gasteiger partial charge in [-0.25, -0.2) is 4.98 Å². The van der Waals surface area contributed by atoms with Crippen molar-refractivity contribution in [2.45, 2.75) is 18.6 Å². The number of thiazole rings is 1. The molecule has 1 atom stereocenters. The number of fused-ring (bicyclic) bond motifs is 1. The van der Waals surface area contributed by atoms with Crippen LogP contribution in [0.1, 0.15) is 13.3 Å². The van der Waals surface area contributed by atoms with Gasteiger partial charge in [0.2, 0.25) is 5.91 Å². The third kappa shape index (κ3) is 2.68. The van der Waals surface area contributed by atoms with Crippen molar-refractivity contribution in [1.82, 2.24) is 4.98 Å². The van der Waals surface area contributed by atoms with Gasteiger partial charge in [-0.1, -0.05) is 23.4 Å². The summed E-state index contributed by atoms with van der Waals surface area (Å²) in [5.41, 5.74) is 1.68. The molecular weight excluding hydrogens is 316 g/mol. The standard InChI is InChI=1S/C13H11ClN2O2S2/c1-7(17)19-9-5-12(18)16(6-9)8-2-3-10-11(4-8)20-13(14)15-10/h2-4,9H,5-6H2,1H3. The van der Waals surface area contributed by atoms with Crippen molar-refractivity contribution in [2.75, 3.05) is 11.4 Å². The van der Waals surface area contributed by atoms with Gasteiger partial charge in [-0.05, 0) is 18.2 Å². The minimum Gasteiger partial charge on any atom is -0.311 e. The summed E-state index contributed by atoms with van der Waals surface area (Å²) in [6.07, 6.45) is 0.408. The number of thioether (sulfide) groups is 1. The third-order valence-electron chi connectivity index (χ3n) is 3.08. The molecule has 104 valence electrons. The highest BCUT2D eigenvalue weighted by Crippen LogP contribution is 2.33. The third-order valence-corrected chi connectivity index (χ3v) is 5.18. The van der Waals surface area contributed by atoms with Gasteiger partial charge in [-0.3, -0.25) is 9.59 Å². The van der Waals surface area contributed by atoms with Gasteiger partial charge in [0.25, 0.3) is 0 Å². The van der Waals surface area contributed by atoms with E-state index in [0.717, 1.165) is 15.9 Å². The maximum absolute atomic E-state index is 12.1. The summed E-state index contributed by atoms with van der Waals surface area (Å²) in [5.74, 6) is 0.0544. The molecule has 1 aromatic heterocycles. The maximum atomic E-state index is 12.1. The van der Waals surface area contributed by atoms with Crippen LogP contribution in [-0.4, -0.2) is 27.8 Å². The van der Waals surface area contributed by atoms with E-state index in [1.807, 2.05) is 18.2 Å². The quantitative estimate of drug-likeness (QED) is 0.849. The molecule has 1 saturated heterocycles. The van der Waals surface area contributed by atoms with Crippen LogP contribution in [0.15, 0.2) is 18.2 Å². The first-order chi connectivity index (χ1) is 9.52. The molecule has 2 aromatic rings. The minimum atomic E-state index is 0.0424. The van der Waals surface area contributed by atoms with Crippen LogP contribution in [0, 0.1) is 0 Å². The Labute approximate surface area is 129 Å². The molecule has 4 nitrogen and oxygen atoms in total. The second kappa shape index (κ2) is 5.35. The Kier molecular flexibility index (Phi) is 3.70. The van der Waals surface area contributed by atoms with E-state index in [4.69, 9.17) is 11.6 Å². The van der Waals surface area contributed by atoms with E-state index in [0.29, 0.717) is 17.4 Å². The molecule has 1 aromatic carbocycles. The van der Waals surface area contributed by atoms with E-state index in [-0.39, 0.29) is 16.3 Å². The average molecular weight is 327 g/mol. The molecule has 1 fully saturated rings. The van der Waals surface area contributed by atoms with Crippen LogP contribution in [0.25, 0.3) is 10.2 Å². The van der Waals surface area contributed by atoms with Gasteiger partial charge in [-0.15, -0.1) is 11.3 Å². The fraction of sp³-hybridized carbons (Fsp3) is 0.308. The normalized spacial score (nSPS) is 19.0. The number of hydrogen-bond acceptors (Lipinski definition) is 5. The number of nitrogens with zero attached hydrogens (tertiary/aromatic N) is 2. The number of benzene rings is 1. The minimum absolute atomic E-state index is 0.0424. The van der Waals surface area contributed by atoms with E-state index in [1.165, 1.54) is 30.0 Å². The number of carbonyl (C=O) groups excluding carboxylic acids is 2. The zero-order valence-electron chi connectivity index (χ0n) is 10.6. The van der Waals surface area contributed by atoms with Crippen LogP contribution in [0.5, 0.6) is 0 Å². The molecule has 1 aliphatic rings. The summed E-state index contributed by atoms with van der Waals surface area (Å²) in [7, 11) is 0. The Morgan fingerprint density at radius 1 is 1.55 bits per heavy atom. The highest BCUT2D eigenvalue weighted by molar-refractivity contribution is 8.14. The molecule has 0 saturated carbocycles. The molecule has 7 heteroatoms. The summed E-state index contributed by atoms with van der Waals surface area (Å²) in [5, 5.41) is 0.0927. The second-order valence-corrected chi connectivity index (χ2v) is 7.65. The topological polar surface area (TPSA) is 50.3 Å². The highest BCUT2D eigenvalue weighted by Gasteiger charge is 2.32. The predicted octanol–water partition coefficient (Wildman–Crippen LogP) is 3.33. The van der Waals surface area contributed by atoms with E-state index < -0.39 is 0 Å². The summed E-state index contributed by atoms with van der Waals surface area (Å²) in [4.78, 5) is 29.1. The monoisotopic (exact) mass is 326 g/mol. The lowest BCUT2D eigenvalue weighted by atomic mass is 10.3. The fourth-order valence-electron chi connectivity index (χ4n) is 2.29. The smallest absolute Gasteiger partial charge is 0.228 e. The number of rotatable bonds is 2. The van der Waals surface area contributed by atoms with E-state index >= 15 is 0 Å². The lowest BCUT2D eigenvalue weighted by Crippen LogP contribution is -2.24. The first-order valence-corrected chi connectivity index (χ1v) is 8.14. The summed E-state index contributed by atoms with van der Waals surface area (Å²) >= 11 is 8.52. The average Bonchev–Trinajstić information content (AvgIpc) is 2.89. The molecular formula is C13H11ClN2O2S2. The number of aromatic nitrogens is 1.